The number of hydrogen-bond donors (Lipinski definition) is 1. The average Bonchev–Trinajstić information content (AvgIpc) is 2.27. The summed E-state index contributed by atoms with van der Waals surface area (Å²) >= 11 is 0. The maximum atomic E-state index is 5.91. The predicted molar refractivity (Wildman–Crippen MR) is 63.1 cm³/mol. The van der Waals surface area contributed by atoms with Gasteiger partial charge in [-0.05, 0) is 26.0 Å². The fraction of sp³-hybridized carbons (Fsp3) is 0.583. The van der Waals surface area contributed by atoms with Crippen LogP contribution in [0.15, 0.2) is 24.4 Å². The van der Waals surface area contributed by atoms with Crippen molar-refractivity contribution in [3.05, 3.63) is 30.1 Å². The molecule has 16 heavy (non-hydrogen) atoms. The van der Waals surface area contributed by atoms with Crippen LogP contribution in [0.3, 0.4) is 0 Å². The van der Waals surface area contributed by atoms with Gasteiger partial charge in [-0.3, -0.25) is 4.98 Å². The third-order valence-electron chi connectivity index (χ3n) is 2.24. The van der Waals surface area contributed by atoms with Crippen LogP contribution in [0, 0.1) is 0 Å². The van der Waals surface area contributed by atoms with Gasteiger partial charge in [-0.25, -0.2) is 0 Å². The minimum absolute atomic E-state index is 0.00278. The molecular weight excluding hydrogens is 204 g/mol. The molecule has 3 atom stereocenters. The zero-order chi connectivity index (χ0) is 12.0. The number of hydrogen-bond acceptors (Lipinski definition) is 4. The molecule has 1 heterocycles. The van der Waals surface area contributed by atoms with Gasteiger partial charge in [0.2, 0.25) is 0 Å². The van der Waals surface area contributed by atoms with Crippen molar-refractivity contribution in [1.82, 2.24) is 4.98 Å². The molecule has 90 valence electrons. The van der Waals surface area contributed by atoms with E-state index in [1.807, 2.05) is 32.0 Å². The third-order valence-corrected chi connectivity index (χ3v) is 2.24. The predicted octanol–water partition coefficient (Wildman–Crippen LogP) is 1.52. The Hall–Kier alpha value is -0.970. The summed E-state index contributed by atoms with van der Waals surface area (Å²) in [7, 11) is 1.65. The summed E-state index contributed by atoms with van der Waals surface area (Å²) in [5, 5.41) is 0. The largest absolute Gasteiger partial charge is 0.382 e. The smallest absolute Gasteiger partial charge is 0.115 e. The van der Waals surface area contributed by atoms with Crippen LogP contribution in [0.25, 0.3) is 0 Å². The van der Waals surface area contributed by atoms with E-state index in [2.05, 4.69) is 4.98 Å². The first-order valence-corrected chi connectivity index (χ1v) is 5.46. The summed E-state index contributed by atoms with van der Waals surface area (Å²) in [6.07, 6.45) is 1.56. The second-order valence-corrected chi connectivity index (χ2v) is 3.94. The summed E-state index contributed by atoms with van der Waals surface area (Å²) in [6.45, 7) is 4.43. The second-order valence-electron chi connectivity index (χ2n) is 3.94. The molecular formula is C12H20N2O2. The van der Waals surface area contributed by atoms with Gasteiger partial charge in [0, 0.05) is 19.3 Å². The molecule has 0 radical (unpaired) electrons. The lowest BCUT2D eigenvalue weighted by atomic mass is 10.1. The van der Waals surface area contributed by atoms with Gasteiger partial charge in [0.1, 0.15) is 6.10 Å². The van der Waals surface area contributed by atoms with Crippen molar-refractivity contribution in [1.29, 1.82) is 0 Å². The Morgan fingerprint density at radius 2 is 2.12 bits per heavy atom. The highest BCUT2D eigenvalue weighted by atomic mass is 16.5. The summed E-state index contributed by atoms with van der Waals surface area (Å²) < 4.78 is 10.9. The normalized spacial score (nSPS) is 16.8. The number of methoxy groups -OCH3 is 1. The van der Waals surface area contributed by atoms with Crippen LogP contribution < -0.4 is 5.73 Å². The fourth-order valence-electron chi connectivity index (χ4n) is 1.53. The molecule has 2 N–H and O–H groups in total. The van der Waals surface area contributed by atoms with Crippen LogP contribution in [0.4, 0.5) is 0 Å². The molecule has 0 bridgehead atoms. The first-order valence-electron chi connectivity index (χ1n) is 5.46. The quantitative estimate of drug-likeness (QED) is 0.796. The van der Waals surface area contributed by atoms with E-state index in [0.29, 0.717) is 6.61 Å². The Bertz CT molecular complexity index is 290. The summed E-state index contributed by atoms with van der Waals surface area (Å²) in [4.78, 5) is 4.27. The van der Waals surface area contributed by atoms with Gasteiger partial charge in [-0.15, -0.1) is 0 Å². The molecule has 3 unspecified atom stereocenters. The lowest BCUT2D eigenvalue weighted by Crippen LogP contribution is -2.31. The Kier molecular flexibility index (Phi) is 5.38. The number of aromatic nitrogens is 1. The minimum Gasteiger partial charge on any atom is -0.382 e. The second kappa shape index (κ2) is 6.58. The maximum absolute atomic E-state index is 5.91. The lowest BCUT2D eigenvalue weighted by Gasteiger charge is -2.24. The molecule has 4 nitrogen and oxygen atoms in total. The highest BCUT2D eigenvalue weighted by Gasteiger charge is 2.20. The number of nitrogens with zero attached hydrogens (tertiary/aromatic N) is 1. The van der Waals surface area contributed by atoms with Gasteiger partial charge in [0.05, 0.1) is 18.4 Å². The van der Waals surface area contributed by atoms with Gasteiger partial charge in [-0.1, -0.05) is 6.07 Å². The van der Waals surface area contributed by atoms with E-state index in [0.717, 1.165) is 5.69 Å². The van der Waals surface area contributed by atoms with Crippen molar-refractivity contribution in [2.45, 2.75) is 32.1 Å². The monoisotopic (exact) mass is 224 g/mol. The number of pyridine rings is 1. The summed E-state index contributed by atoms with van der Waals surface area (Å²) in [6, 6.07) is 5.63. The van der Waals surface area contributed by atoms with Crippen molar-refractivity contribution in [3.8, 4) is 0 Å². The fourth-order valence-corrected chi connectivity index (χ4v) is 1.53. The van der Waals surface area contributed by atoms with E-state index < -0.39 is 0 Å². The van der Waals surface area contributed by atoms with Crippen LogP contribution in [0.1, 0.15) is 25.6 Å². The molecule has 1 aromatic heterocycles. The molecule has 1 rings (SSSR count). The van der Waals surface area contributed by atoms with E-state index in [1.54, 1.807) is 13.3 Å². The molecule has 0 spiro atoms. The van der Waals surface area contributed by atoms with E-state index in [1.165, 1.54) is 0 Å². The molecule has 0 fully saturated rings. The number of nitrogens with two attached hydrogens (primary N) is 1. The van der Waals surface area contributed by atoms with E-state index >= 15 is 0 Å². The van der Waals surface area contributed by atoms with Gasteiger partial charge in [0.15, 0.2) is 0 Å². The minimum atomic E-state index is -0.189. The molecule has 0 amide bonds. The Morgan fingerprint density at radius 1 is 1.38 bits per heavy atom. The zero-order valence-corrected chi connectivity index (χ0v) is 10.1. The number of ether oxygens (including phenoxy) is 2. The van der Waals surface area contributed by atoms with Crippen LogP contribution in [-0.2, 0) is 9.47 Å². The molecule has 1 aromatic rings. The van der Waals surface area contributed by atoms with Crippen molar-refractivity contribution in [2.24, 2.45) is 5.73 Å². The van der Waals surface area contributed by atoms with E-state index in [9.17, 15) is 0 Å². The van der Waals surface area contributed by atoms with Gasteiger partial charge >= 0.3 is 0 Å². The van der Waals surface area contributed by atoms with Gasteiger partial charge < -0.3 is 15.2 Å². The van der Waals surface area contributed by atoms with Gasteiger partial charge in [-0.2, -0.15) is 0 Å². The highest BCUT2D eigenvalue weighted by Crippen LogP contribution is 2.19. The van der Waals surface area contributed by atoms with Crippen molar-refractivity contribution in [3.63, 3.8) is 0 Å². The van der Waals surface area contributed by atoms with E-state index in [4.69, 9.17) is 15.2 Å². The van der Waals surface area contributed by atoms with Crippen molar-refractivity contribution >= 4 is 0 Å². The molecule has 0 saturated heterocycles. The SMILES string of the molecule is COCC(C)OC(c1ccccn1)C(C)N. The topological polar surface area (TPSA) is 57.4 Å². The van der Waals surface area contributed by atoms with E-state index in [-0.39, 0.29) is 18.2 Å². The average molecular weight is 224 g/mol. The lowest BCUT2D eigenvalue weighted by molar-refractivity contribution is -0.0498. The number of rotatable bonds is 6. The first kappa shape index (κ1) is 13.1. The maximum Gasteiger partial charge on any atom is 0.115 e. The van der Waals surface area contributed by atoms with Crippen LogP contribution in [0.2, 0.25) is 0 Å². The summed E-state index contributed by atoms with van der Waals surface area (Å²) in [5.41, 5.74) is 6.77. The molecule has 0 aliphatic carbocycles. The molecule has 0 aliphatic rings. The standard InChI is InChI=1S/C12H20N2O2/c1-9(8-15-3)16-12(10(2)13)11-6-4-5-7-14-11/h4-7,9-10,12H,8,13H2,1-3H3. The van der Waals surface area contributed by atoms with Crippen molar-refractivity contribution < 1.29 is 9.47 Å². The first-order chi connectivity index (χ1) is 7.65. The van der Waals surface area contributed by atoms with Crippen LogP contribution in [-0.4, -0.2) is 30.8 Å². The molecule has 0 aliphatic heterocycles. The third kappa shape index (κ3) is 3.89. The Morgan fingerprint density at radius 3 is 2.62 bits per heavy atom. The summed E-state index contributed by atoms with van der Waals surface area (Å²) in [5.74, 6) is 0. The van der Waals surface area contributed by atoms with Gasteiger partial charge in [0.25, 0.3) is 0 Å². The molecule has 0 saturated carbocycles. The molecule has 4 heteroatoms. The Labute approximate surface area is 96.8 Å². The van der Waals surface area contributed by atoms with Crippen LogP contribution >= 0.6 is 0 Å². The van der Waals surface area contributed by atoms with Crippen molar-refractivity contribution in [2.75, 3.05) is 13.7 Å². The highest BCUT2D eigenvalue weighted by molar-refractivity contribution is 5.08. The molecule has 0 aromatic carbocycles. The zero-order valence-electron chi connectivity index (χ0n) is 10.1. The Balaban J connectivity index is 2.69. The van der Waals surface area contributed by atoms with Crippen LogP contribution in [0.5, 0.6) is 0 Å².